The van der Waals surface area contributed by atoms with Gasteiger partial charge in [-0.3, -0.25) is 0 Å². The minimum atomic E-state index is 0.342. The largest absolute Gasteiger partial charge is 0.384 e. The number of allylic oxidation sites excluding steroid dienone is 1. The lowest BCUT2D eigenvalue weighted by molar-refractivity contribution is -0.0582. The number of methoxy groups -OCH3 is 1. The van der Waals surface area contributed by atoms with E-state index in [1.54, 1.807) is 0 Å². The van der Waals surface area contributed by atoms with Crippen molar-refractivity contribution in [3.8, 4) is 0 Å². The van der Waals surface area contributed by atoms with Gasteiger partial charge in [-0.2, -0.15) is 0 Å². The molecule has 23 heavy (non-hydrogen) atoms. The summed E-state index contributed by atoms with van der Waals surface area (Å²) in [6, 6.07) is 0. The molecule has 0 amide bonds. The Hall–Kier alpha value is 0.180. The van der Waals surface area contributed by atoms with Crippen molar-refractivity contribution in [2.45, 2.75) is 66.2 Å². The first-order chi connectivity index (χ1) is 10.8. The molecule has 0 aromatic heterocycles. The van der Waals surface area contributed by atoms with Crippen molar-refractivity contribution in [2.24, 2.45) is 34.5 Å². The van der Waals surface area contributed by atoms with Crippen LogP contribution in [0.25, 0.3) is 0 Å². The zero-order chi connectivity index (χ0) is 17.3. The molecule has 1 nitrogen and oxygen atoms in total. The monoisotopic (exact) mass is 384 g/mol. The first kappa shape index (κ1) is 19.5. The molecule has 2 heteroatoms. The lowest BCUT2D eigenvalue weighted by Crippen LogP contribution is -2.47. The van der Waals surface area contributed by atoms with E-state index >= 15 is 0 Å². The van der Waals surface area contributed by atoms with E-state index in [1.807, 2.05) is 7.11 Å². The molecule has 0 aliphatic heterocycles. The quantitative estimate of drug-likeness (QED) is 0.360. The highest BCUT2D eigenvalue weighted by Gasteiger charge is 2.55. The zero-order valence-corrected chi connectivity index (χ0v) is 17.5. The van der Waals surface area contributed by atoms with Gasteiger partial charge < -0.3 is 4.74 Å². The summed E-state index contributed by atoms with van der Waals surface area (Å²) in [6.07, 6.45) is 8.01. The van der Waals surface area contributed by atoms with Crippen molar-refractivity contribution in [3.63, 3.8) is 0 Å². The van der Waals surface area contributed by atoms with Crippen LogP contribution in [0.5, 0.6) is 0 Å². The van der Waals surface area contributed by atoms with E-state index in [0.717, 1.165) is 35.6 Å². The molecule has 2 rings (SSSR count). The van der Waals surface area contributed by atoms with Gasteiger partial charge in [-0.1, -0.05) is 62.2 Å². The summed E-state index contributed by atoms with van der Waals surface area (Å²) in [4.78, 5) is 0. The van der Waals surface area contributed by atoms with E-state index in [-0.39, 0.29) is 0 Å². The van der Waals surface area contributed by atoms with E-state index in [2.05, 4.69) is 50.2 Å². The fourth-order valence-electron chi connectivity index (χ4n) is 6.51. The second-order valence-electron chi connectivity index (χ2n) is 8.88. The molecule has 2 aliphatic carbocycles. The summed E-state index contributed by atoms with van der Waals surface area (Å²) >= 11 is 3.65. The first-order valence-corrected chi connectivity index (χ1v) is 10.7. The molecule has 2 fully saturated rings. The van der Waals surface area contributed by atoms with Crippen LogP contribution in [0.3, 0.4) is 0 Å². The molecule has 0 radical (unpaired) electrons. The van der Waals surface area contributed by atoms with E-state index in [4.69, 9.17) is 4.74 Å². The van der Waals surface area contributed by atoms with Crippen LogP contribution in [-0.4, -0.2) is 19.0 Å². The van der Waals surface area contributed by atoms with Crippen molar-refractivity contribution in [1.82, 2.24) is 0 Å². The van der Waals surface area contributed by atoms with Gasteiger partial charge >= 0.3 is 0 Å². The normalized spacial score (nSPS) is 39.7. The van der Waals surface area contributed by atoms with Crippen LogP contribution in [0.4, 0.5) is 0 Å². The molecule has 0 unspecified atom stereocenters. The summed E-state index contributed by atoms with van der Waals surface area (Å²) in [6.45, 7) is 15.2. The second kappa shape index (κ2) is 7.60. The molecule has 2 saturated carbocycles. The lowest BCUT2D eigenvalue weighted by atomic mass is 9.52. The number of halogens is 1. The van der Waals surface area contributed by atoms with Gasteiger partial charge in [0.1, 0.15) is 0 Å². The summed E-state index contributed by atoms with van der Waals surface area (Å²) in [5.74, 6) is 3.18. The Morgan fingerprint density at radius 1 is 1.35 bits per heavy atom. The van der Waals surface area contributed by atoms with Gasteiger partial charge in [0.25, 0.3) is 0 Å². The highest BCUT2D eigenvalue weighted by molar-refractivity contribution is 9.09. The van der Waals surface area contributed by atoms with Gasteiger partial charge in [0.05, 0.1) is 6.61 Å². The highest BCUT2D eigenvalue weighted by Crippen LogP contribution is 2.63. The fraction of sp³-hybridized carbons (Fsp3) is 0.905. The summed E-state index contributed by atoms with van der Waals surface area (Å²) in [7, 11) is 1.87. The molecule has 0 saturated heterocycles. The van der Waals surface area contributed by atoms with Gasteiger partial charge in [-0.15, -0.1) is 0 Å². The summed E-state index contributed by atoms with van der Waals surface area (Å²) in [5.41, 5.74) is 2.24. The zero-order valence-electron chi connectivity index (χ0n) is 16.0. The van der Waals surface area contributed by atoms with Crippen molar-refractivity contribution < 1.29 is 4.74 Å². The van der Waals surface area contributed by atoms with E-state index in [0.29, 0.717) is 10.8 Å². The Morgan fingerprint density at radius 2 is 2.04 bits per heavy atom. The summed E-state index contributed by atoms with van der Waals surface area (Å²) < 4.78 is 5.65. The SMILES string of the molecule is C=C(CBr)[C@H]1CC[C@H]2[C@H](C)[C@@H]([C@](C)(CCC)COC)CC[C@]12C. The fourth-order valence-corrected chi connectivity index (χ4v) is 6.90. The maximum Gasteiger partial charge on any atom is 0.0518 e. The van der Waals surface area contributed by atoms with Gasteiger partial charge in [0.15, 0.2) is 0 Å². The number of rotatable bonds is 7. The maximum absolute atomic E-state index is 5.65. The Bertz CT molecular complexity index is 412. The van der Waals surface area contributed by atoms with Gasteiger partial charge in [-0.25, -0.2) is 0 Å². The first-order valence-electron chi connectivity index (χ1n) is 9.56. The number of hydrogen-bond donors (Lipinski definition) is 0. The molecule has 0 heterocycles. The smallest absolute Gasteiger partial charge is 0.0518 e. The molecule has 0 N–H and O–H groups in total. The Balaban J connectivity index is 2.22. The van der Waals surface area contributed by atoms with Crippen LogP contribution in [0.15, 0.2) is 12.2 Å². The lowest BCUT2D eigenvalue weighted by Gasteiger charge is -2.53. The van der Waals surface area contributed by atoms with Crippen molar-refractivity contribution >= 4 is 15.9 Å². The van der Waals surface area contributed by atoms with Crippen LogP contribution in [0, 0.1) is 34.5 Å². The van der Waals surface area contributed by atoms with Crippen LogP contribution in [0.2, 0.25) is 0 Å². The third-order valence-electron chi connectivity index (χ3n) is 7.53. The molecule has 0 aromatic rings. The van der Waals surface area contributed by atoms with Crippen LogP contribution >= 0.6 is 15.9 Å². The Kier molecular flexibility index (Phi) is 6.45. The minimum Gasteiger partial charge on any atom is -0.384 e. The molecule has 0 spiro atoms. The molecular formula is C21H37BrO. The minimum absolute atomic E-state index is 0.342. The highest BCUT2D eigenvalue weighted by atomic mass is 79.9. The van der Waals surface area contributed by atoms with Crippen LogP contribution in [0.1, 0.15) is 66.2 Å². The van der Waals surface area contributed by atoms with Gasteiger partial charge in [-0.05, 0) is 66.6 Å². The molecule has 6 atom stereocenters. The van der Waals surface area contributed by atoms with E-state index in [1.165, 1.54) is 44.1 Å². The van der Waals surface area contributed by atoms with Gasteiger partial charge in [0, 0.05) is 12.4 Å². The number of hydrogen-bond acceptors (Lipinski definition) is 1. The summed E-state index contributed by atoms with van der Waals surface area (Å²) in [5, 5.41) is 0.967. The number of ether oxygens (including phenoxy) is 1. The number of alkyl halides is 1. The second-order valence-corrected chi connectivity index (χ2v) is 9.44. The van der Waals surface area contributed by atoms with E-state index < -0.39 is 0 Å². The molecule has 0 bridgehead atoms. The standard InChI is InChI=1S/C21H37BrO/c1-7-11-20(4,14-23-6)18-10-12-21(5)17(15(2)13-22)8-9-19(21)16(18)3/h16-19H,2,7-14H2,1,3-6H3/t16-,17-,18+,19+,20-,21-/m1/s1. The molecule has 0 aromatic carbocycles. The van der Waals surface area contributed by atoms with Crippen molar-refractivity contribution in [1.29, 1.82) is 0 Å². The van der Waals surface area contributed by atoms with Crippen molar-refractivity contribution in [2.75, 3.05) is 19.0 Å². The average molecular weight is 385 g/mol. The Labute approximate surface area is 152 Å². The predicted molar refractivity (Wildman–Crippen MR) is 104 cm³/mol. The average Bonchev–Trinajstić information content (AvgIpc) is 2.85. The maximum atomic E-state index is 5.65. The molecule has 2 aliphatic rings. The topological polar surface area (TPSA) is 9.23 Å². The Morgan fingerprint density at radius 3 is 2.61 bits per heavy atom. The molecule has 134 valence electrons. The number of fused-ring (bicyclic) bond motifs is 1. The van der Waals surface area contributed by atoms with Crippen LogP contribution in [-0.2, 0) is 4.74 Å². The predicted octanol–water partition coefficient (Wildman–Crippen LogP) is 6.47. The third kappa shape index (κ3) is 3.45. The van der Waals surface area contributed by atoms with Crippen LogP contribution < -0.4 is 0 Å². The van der Waals surface area contributed by atoms with E-state index in [9.17, 15) is 0 Å². The third-order valence-corrected chi connectivity index (χ3v) is 8.25. The van der Waals surface area contributed by atoms with Gasteiger partial charge in [0.2, 0.25) is 0 Å². The van der Waals surface area contributed by atoms with Crippen molar-refractivity contribution in [3.05, 3.63) is 12.2 Å². The molecular weight excluding hydrogens is 348 g/mol.